The van der Waals surface area contributed by atoms with Gasteiger partial charge in [-0.05, 0) is 11.6 Å². The van der Waals surface area contributed by atoms with Gasteiger partial charge in [-0.1, -0.05) is 6.07 Å². The van der Waals surface area contributed by atoms with E-state index in [1.54, 1.807) is 18.2 Å². The molecule has 3 rings (SSSR count). The van der Waals surface area contributed by atoms with Crippen molar-refractivity contribution in [3.8, 4) is 17.4 Å². The van der Waals surface area contributed by atoms with E-state index in [0.29, 0.717) is 29.3 Å². The fraction of sp³-hybridized carbons (Fsp3) is 0.154. The van der Waals surface area contributed by atoms with Crippen LogP contribution in [0.4, 0.5) is 11.5 Å². The van der Waals surface area contributed by atoms with Crippen molar-refractivity contribution >= 4 is 11.5 Å². The zero-order valence-electron chi connectivity index (χ0n) is 10.2. The predicted molar refractivity (Wildman–Crippen MR) is 71.9 cm³/mol. The lowest BCUT2D eigenvalue weighted by atomic mass is 9.99. The van der Waals surface area contributed by atoms with E-state index in [4.69, 9.17) is 21.9 Å². The van der Waals surface area contributed by atoms with Crippen LogP contribution in [0, 0.1) is 0 Å². The standard InChI is InChI=1S/C13H14N4O2/c14-5-9-11(15)8-3-6-1-2-7(18)4-10(6)19-13(8)17-12(9)16/h1-2,4,18H,3,5,14H2,(H4,15,16,17). The number of aromatic nitrogens is 1. The summed E-state index contributed by atoms with van der Waals surface area (Å²) in [6.07, 6.45) is 0.580. The van der Waals surface area contributed by atoms with Gasteiger partial charge in [-0.15, -0.1) is 0 Å². The van der Waals surface area contributed by atoms with E-state index < -0.39 is 0 Å². The lowest BCUT2D eigenvalue weighted by Crippen LogP contribution is -2.14. The van der Waals surface area contributed by atoms with Crippen LogP contribution in [0.15, 0.2) is 18.2 Å². The third-order valence-corrected chi connectivity index (χ3v) is 3.27. The van der Waals surface area contributed by atoms with Crippen LogP contribution in [-0.4, -0.2) is 10.1 Å². The Morgan fingerprint density at radius 1 is 1.32 bits per heavy atom. The molecular weight excluding hydrogens is 244 g/mol. The lowest BCUT2D eigenvalue weighted by Gasteiger charge is -2.22. The summed E-state index contributed by atoms with van der Waals surface area (Å²) >= 11 is 0. The first kappa shape index (κ1) is 11.6. The number of phenols is 1. The summed E-state index contributed by atoms with van der Waals surface area (Å²) in [5, 5.41) is 9.46. The Hall–Kier alpha value is -2.47. The molecule has 0 bridgehead atoms. The molecule has 0 atom stereocenters. The van der Waals surface area contributed by atoms with Crippen molar-refractivity contribution in [1.29, 1.82) is 0 Å². The molecule has 0 amide bonds. The number of nitrogen functional groups attached to an aromatic ring is 2. The average Bonchev–Trinajstić information content (AvgIpc) is 2.37. The Morgan fingerprint density at radius 2 is 2.11 bits per heavy atom. The maximum Gasteiger partial charge on any atom is 0.226 e. The first-order chi connectivity index (χ1) is 9.10. The van der Waals surface area contributed by atoms with Gasteiger partial charge in [0.1, 0.15) is 17.3 Å². The number of rotatable bonds is 1. The molecule has 1 aliphatic heterocycles. The van der Waals surface area contributed by atoms with Crippen molar-refractivity contribution in [1.82, 2.24) is 4.98 Å². The Labute approximate surface area is 109 Å². The molecule has 0 saturated heterocycles. The van der Waals surface area contributed by atoms with Gasteiger partial charge in [0, 0.05) is 35.8 Å². The molecule has 0 aliphatic carbocycles. The number of ether oxygens (including phenoxy) is 1. The zero-order valence-corrected chi connectivity index (χ0v) is 10.2. The smallest absolute Gasteiger partial charge is 0.226 e. The Balaban J connectivity index is 2.14. The molecule has 0 fully saturated rings. The molecule has 2 aromatic rings. The molecule has 6 heteroatoms. The first-order valence-corrected chi connectivity index (χ1v) is 5.86. The molecule has 0 saturated carbocycles. The highest BCUT2D eigenvalue weighted by atomic mass is 16.5. The fourth-order valence-electron chi connectivity index (χ4n) is 2.23. The summed E-state index contributed by atoms with van der Waals surface area (Å²) in [6, 6.07) is 4.95. The molecule has 0 radical (unpaired) electrons. The lowest BCUT2D eigenvalue weighted by molar-refractivity contribution is 0.429. The number of pyridine rings is 1. The van der Waals surface area contributed by atoms with Crippen LogP contribution in [0.1, 0.15) is 16.7 Å². The van der Waals surface area contributed by atoms with Crippen LogP contribution in [0.3, 0.4) is 0 Å². The highest BCUT2D eigenvalue weighted by Gasteiger charge is 2.23. The van der Waals surface area contributed by atoms with E-state index in [9.17, 15) is 5.11 Å². The molecule has 2 heterocycles. The van der Waals surface area contributed by atoms with E-state index in [-0.39, 0.29) is 18.1 Å². The molecule has 0 unspecified atom stereocenters. The number of nitrogens with two attached hydrogens (primary N) is 3. The maximum atomic E-state index is 9.46. The quantitative estimate of drug-likeness (QED) is 0.519. The van der Waals surface area contributed by atoms with Crippen molar-refractivity contribution in [3.05, 3.63) is 34.9 Å². The third-order valence-electron chi connectivity index (χ3n) is 3.27. The van der Waals surface area contributed by atoms with E-state index in [2.05, 4.69) is 4.98 Å². The van der Waals surface area contributed by atoms with E-state index in [0.717, 1.165) is 11.1 Å². The monoisotopic (exact) mass is 258 g/mol. The molecule has 6 nitrogen and oxygen atoms in total. The van der Waals surface area contributed by atoms with Gasteiger partial charge in [0.05, 0.1) is 0 Å². The second kappa shape index (κ2) is 4.03. The zero-order chi connectivity index (χ0) is 13.6. The van der Waals surface area contributed by atoms with Gasteiger partial charge in [-0.3, -0.25) is 0 Å². The molecule has 1 aliphatic rings. The van der Waals surface area contributed by atoms with Crippen LogP contribution in [0.2, 0.25) is 0 Å². The number of benzene rings is 1. The first-order valence-electron chi connectivity index (χ1n) is 5.86. The Morgan fingerprint density at radius 3 is 2.84 bits per heavy atom. The van der Waals surface area contributed by atoms with Crippen molar-refractivity contribution < 1.29 is 9.84 Å². The summed E-state index contributed by atoms with van der Waals surface area (Å²) in [6.45, 7) is 0.236. The van der Waals surface area contributed by atoms with Crippen LogP contribution < -0.4 is 21.9 Å². The number of nitrogens with zero attached hydrogens (tertiary/aromatic N) is 1. The largest absolute Gasteiger partial charge is 0.508 e. The summed E-state index contributed by atoms with van der Waals surface area (Å²) in [5.41, 5.74) is 20.4. The van der Waals surface area contributed by atoms with Crippen molar-refractivity contribution in [2.24, 2.45) is 5.73 Å². The molecule has 1 aromatic heterocycles. The number of fused-ring (bicyclic) bond motifs is 2. The van der Waals surface area contributed by atoms with Crippen LogP contribution in [0.25, 0.3) is 0 Å². The summed E-state index contributed by atoms with van der Waals surface area (Å²) in [4.78, 5) is 4.19. The van der Waals surface area contributed by atoms with Gasteiger partial charge in [0.15, 0.2) is 0 Å². The van der Waals surface area contributed by atoms with Gasteiger partial charge in [-0.25, -0.2) is 0 Å². The number of hydrogen-bond acceptors (Lipinski definition) is 6. The van der Waals surface area contributed by atoms with E-state index in [1.165, 1.54) is 0 Å². The van der Waals surface area contributed by atoms with Crippen molar-refractivity contribution in [2.45, 2.75) is 13.0 Å². The predicted octanol–water partition coefficient (Wildman–Crippen LogP) is 1.11. The van der Waals surface area contributed by atoms with Crippen LogP contribution in [-0.2, 0) is 13.0 Å². The average molecular weight is 258 g/mol. The highest BCUT2D eigenvalue weighted by molar-refractivity contribution is 5.68. The van der Waals surface area contributed by atoms with E-state index in [1.807, 2.05) is 0 Å². The third kappa shape index (κ3) is 1.73. The molecule has 19 heavy (non-hydrogen) atoms. The summed E-state index contributed by atoms with van der Waals surface area (Å²) < 4.78 is 5.65. The van der Waals surface area contributed by atoms with Crippen LogP contribution in [0.5, 0.6) is 17.4 Å². The molecule has 1 aromatic carbocycles. The number of anilines is 2. The molecule has 7 N–H and O–H groups in total. The Bertz CT molecular complexity index is 670. The molecule has 98 valence electrons. The van der Waals surface area contributed by atoms with Crippen LogP contribution >= 0.6 is 0 Å². The fourth-order valence-corrected chi connectivity index (χ4v) is 2.23. The summed E-state index contributed by atoms with van der Waals surface area (Å²) in [7, 11) is 0. The van der Waals surface area contributed by atoms with E-state index >= 15 is 0 Å². The van der Waals surface area contributed by atoms with Gasteiger partial charge in [-0.2, -0.15) is 4.98 Å². The second-order valence-corrected chi connectivity index (χ2v) is 4.45. The minimum Gasteiger partial charge on any atom is -0.508 e. The van der Waals surface area contributed by atoms with Gasteiger partial charge >= 0.3 is 0 Å². The van der Waals surface area contributed by atoms with Gasteiger partial charge in [0.25, 0.3) is 0 Å². The number of phenolic OH excluding ortho intramolecular Hbond substituents is 1. The van der Waals surface area contributed by atoms with Gasteiger partial charge < -0.3 is 27.0 Å². The molecular formula is C13H14N4O2. The topological polar surface area (TPSA) is 120 Å². The molecule has 0 spiro atoms. The SMILES string of the molecule is NCc1c(N)nc2c(c1N)Cc1ccc(O)cc1O2. The second-order valence-electron chi connectivity index (χ2n) is 4.45. The normalized spacial score (nSPS) is 12.5. The maximum absolute atomic E-state index is 9.46. The number of hydrogen-bond donors (Lipinski definition) is 4. The minimum atomic E-state index is 0.140. The van der Waals surface area contributed by atoms with Crippen molar-refractivity contribution in [3.63, 3.8) is 0 Å². The van der Waals surface area contributed by atoms with Crippen molar-refractivity contribution in [2.75, 3.05) is 11.5 Å². The van der Waals surface area contributed by atoms with Gasteiger partial charge in [0.2, 0.25) is 5.88 Å². The highest BCUT2D eigenvalue weighted by Crippen LogP contribution is 2.41. The Kier molecular flexibility index (Phi) is 2.46. The minimum absolute atomic E-state index is 0.140. The number of aromatic hydroxyl groups is 1. The summed E-state index contributed by atoms with van der Waals surface area (Å²) in [5.74, 6) is 1.37.